The van der Waals surface area contributed by atoms with E-state index in [0.29, 0.717) is 23.4 Å². The Labute approximate surface area is 198 Å². The van der Waals surface area contributed by atoms with Gasteiger partial charge in [-0.2, -0.15) is 0 Å². The van der Waals surface area contributed by atoms with Crippen LogP contribution in [0.1, 0.15) is 15.9 Å². The van der Waals surface area contributed by atoms with Crippen LogP contribution in [-0.2, 0) is 6.42 Å². The van der Waals surface area contributed by atoms with Crippen molar-refractivity contribution in [3.8, 4) is 5.75 Å². The highest BCUT2D eigenvalue weighted by Crippen LogP contribution is 2.12. The topological polar surface area (TPSA) is 120 Å². The van der Waals surface area contributed by atoms with Crippen LogP contribution in [0.4, 0.5) is 10.5 Å². The van der Waals surface area contributed by atoms with E-state index in [0.717, 1.165) is 5.56 Å². The van der Waals surface area contributed by atoms with E-state index in [4.69, 9.17) is 4.74 Å². The third-order valence-corrected chi connectivity index (χ3v) is 5.01. The normalized spacial score (nSPS) is 12.4. The highest BCUT2D eigenvalue weighted by Gasteiger charge is 2.13. The largest absolute Gasteiger partial charge is 0.491 e. The number of aliphatic hydroxyl groups excluding tert-OH is 2. The molecule has 3 aromatic carbocycles. The van der Waals surface area contributed by atoms with E-state index in [1.54, 1.807) is 42.5 Å². The van der Waals surface area contributed by atoms with Crippen molar-refractivity contribution in [1.82, 2.24) is 10.6 Å². The second kappa shape index (κ2) is 13.1. The average molecular weight is 464 g/mol. The Bertz CT molecular complexity index is 1030. The van der Waals surface area contributed by atoms with Gasteiger partial charge < -0.3 is 25.6 Å². The summed E-state index contributed by atoms with van der Waals surface area (Å²) < 4.78 is 5.53. The highest BCUT2D eigenvalue weighted by molar-refractivity contribution is 6.07. The lowest BCUT2D eigenvalue weighted by molar-refractivity contribution is 0.0967. The van der Waals surface area contributed by atoms with Crippen molar-refractivity contribution in [3.63, 3.8) is 0 Å². The summed E-state index contributed by atoms with van der Waals surface area (Å²) in [6.45, 7) is 0.313. The molecule has 2 atom stereocenters. The van der Waals surface area contributed by atoms with Crippen molar-refractivity contribution in [1.29, 1.82) is 0 Å². The highest BCUT2D eigenvalue weighted by atomic mass is 16.5. The van der Waals surface area contributed by atoms with Crippen LogP contribution >= 0.6 is 0 Å². The number of aliphatic hydroxyl groups is 2. The van der Waals surface area contributed by atoms with Gasteiger partial charge in [-0.3, -0.25) is 10.1 Å². The molecule has 0 aliphatic carbocycles. The molecule has 8 nitrogen and oxygen atoms in total. The molecule has 3 rings (SSSR count). The van der Waals surface area contributed by atoms with Crippen molar-refractivity contribution < 1.29 is 24.5 Å². The maximum Gasteiger partial charge on any atom is 0.326 e. The van der Waals surface area contributed by atoms with Gasteiger partial charge in [-0.1, -0.05) is 48.5 Å². The molecule has 3 aromatic rings. The van der Waals surface area contributed by atoms with Crippen molar-refractivity contribution in [3.05, 3.63) is 96.1 Å². The number of nitrogens with one attached hydrogen (secondary N) is 3. The summed E-state index contributed by atoms with van der Waals surface area (Å²) in [4.78, 5) is 24.1. The lowest BCUT2D eigenvalue weighted by Crippen LogP contribution is -2.41. The van der Waals surface area contributed by atoms with E-state index in [9.17, 15) is 19.8 Å². The Kier molecular flexibility index (Phi) is 9.60. The molecule has 0 aliphatic rings. The molecule has 0 aliphatic heterocycles. The first-order chi connectivity index (χ1) is 16.5. The number of para-hydroxylation sites is 1. The molecule has 178 valence electrons. The summed E-state index contributed by atoms with van der Waals surface area (Å²) in [5, 5.41) is 27.9. The molecule has 5 N–H and O–H groups in total. The first kappa shape index (κ1) is 24.9. The lowest BCUT2D eigenvalue weighted by Gasteiger charge is -2.19. The molecule has 0 saturated heterocycles. The number of urea groups is 1. The number of hydrogen-bond acceptors (Lipinski definition) is 6. The maximum absolute atomic E-state index is 12.1. The molecule has 0 fully saturated rings. The van der Waals surface area contributed by atoms with Gasteiger partial charge in [0.05, 0.1) is 6.61 Å². The second-order valence-corrected chi connectivity index (χ2v) is 7.74. The van der Waals surface area contributed by atoms with Crippen LogP contribution in [0.2, 0.25) is 0 Å². The third kappa shape index (κ3) is 8.32. The van der Waals surface area contributed by atoms with Crippen LogP contribution in [0.3, 0.4) is 0 Å². The number of ether oxygens (including phenoxy) is 1. The first-order valence-electron chi connectivity index (χ1n) is 11.0. The molecule has 0 unspecified atom stereocenters. The number of rotatable bonds is 11. The SMILES string of the molecule is O=C(NC(=O)c1ccccc1)Nc1ccc(C[C@@H](CO)NC[C@H](O)COc2ccccc2)cc1. The van der Waals surface area contributed by atoms with E-state index >= 15 is 0 Å². The van der Waals surface area contributed by atoms with Crippen LogP contribution < -0.4 is 20.7 Å². The molecule has 3 amide bonds. The molecule has 0 aromatic heterocycles. The molecular formula is C26H29N3O5. The molecular weight excluding hydrogens is 434 g/mol. The Balaban J connectivity index is 1.41. The van der Waals surface area contributed by atoms with Crippen LogP contribution in [0.15, 0.2) is 84.9 Å². The molecule has 0 bridgehead atoms. The lowest BCUT2D eigenvalue weighted by atomic mass is 10.1. The summed E-state index contributed by atoms with van der Waals surface area (Å²) in [6.07, 6.45) is -0.195. The molecule has 8 heteroatoms. The predicted octanol–water partition coefficient (Wildman–Crippen LogP) is 2.58. The summed E-state index contributed by atoms with van der Waals surface area (Å²) in [7, 11) is 0. The molecule has 0 saturated carbocycles. The van der Waals surface area contributed by atoms with Gasteiger partial charge >= 0.3 is 6.03 Å². The number of hydrogen-bond donors (Lipinski definition) is 5. The van der Waals surface area contributed by atoms with Crippen molar-refractivity contribution in [2.75, 3.05) is 25.1 Å². The van der Waals surface area contributed by atoms with Gasteiger partial charge in [0.15, 0.2) is 0 Å². The predicted molar refractivity (Wildman–Crippen MR) is 130 cm³/mol. The van der Waals surface area contributed by atoms with Gasteiger partial charge in [-0.25, -0.2) is 4.79 Å². The molecule has 0 spiro atoms. The van der Waals surface area contributed by atoms with E-state index in [2.05, 4.69) is 16.0 Å². The number of benzene rings is 3. The zero-order valence-corrected chi connectivity index (χ0v) is 18.7. The van der Waals surface area contributed by atoms with Gasteiger partial charge in [-0.05, 0) is 48.4 Å². The first-order valence-corrected chi connectivity index (χ1v) is 11.0. The monoisotopic (exact) mass is 463 g/mol. The number of imide groups is 1. The quantitative estimate of drug-likeness (QED) is 0.298. The van der Waals surface area contributed by atoms with Gasteiger partial charge in [-0.15, -0.1) is 0 Å². The minimum absolute atomic E-state index is 0.101. The van der Waals surface area contributed by atoms with Crippen LogP contribution in [0.5, 0.6) is 5.75 Å². The number of amides is 3. The Hall–Kier alpha value is -3.72. The van der Waals surface area contributed by atoms with E-state index in [1.807, 2.05) is 42.5 Å². The minimum Gasteiger partial charge on any atom is -0.491 e. The van der Waals surface area contributed by atoms with E-state index in [-0.39, 0.29) is 25.8 Å². The zero-order chi connectivity index (χ0) is 24.2. The standard InChI is InChI=1S/C26H29N3O5/c30-17-22(27-16-23(31)18-34-24-9-5-2-6-10-24)15-19-11-13-21(14-12-19)28-26(33)29-25(32)20-7-3-1-4-8-20/h1-14,22-23,27,30-31H,15-18H2,(H2,28,29,32,33)/t22-,23-/m0/s1. The summed E-state index contributed by atoms with van der Waals surface area (Å²) in [6, 6.07) is 24.0. The number of carbonyl (C=O) groups is 2. The van der Waals surface area contributed by atoms with Crippen molar-refractivity contribution in [2.45, 2.75) is 18.6 Å². The van der Waals surface area contributed by atoms with Gasteiger partial charge in [0.2, 0.25) is 0 Å². The molecule has 0 heterocycles. The van der Waals surface area contributed by atoms with Crippen molar-refractivity contribution >= 4 is 17.6 Å². The van der Waals surface area contributed by atoms with E-state index in [1.165, 1.54) is 0 Å². The van der Waals surface area contributed by atoms with Gasteiger partial charge in [0.1, 0.15) is 18.5 Å². The summed E-state index contributed by atoms with van der Waals surface area (Å²) in [5.74, 6) is 0.204. The maximum atomic E-state index is 12.1. The van der Waals surface area contributed by atoms with Crippen molar-refractivity contribution in [2.24, 2.45) is 0 Å². The number of anilines is 1. The second-order valence-electron chi connectivity index (χ2n) is 7.74. The summed E-state index contributed by atoms with van der Waals surface area (Å²) >= 11 is 0. The Morgan fingerprint density at radius 1 is 0.882 bits per heavy atom. The van der Waals surface area contributed by atoms with E-state index < -0.39 is 18.0 Å². The Morgan fingerprint density at radius 3 is 2.18 bits per heavy atom. The Morgan fingerprint density at radius 2 is 1.53 bits per heavy atom. The van der Waals surface area contributed by atoms with Crippen LogP contribution in [0.25, 0.3) is 0 Å². The van der Waals surface area contributed by atoms with Gasteiger partial charge in [0.25, 0.3) is 5.91 Å². The molecule has 34 heavy (non-hydrogen) atoms. The fourth-order valence-corrected chi connectivity index (χ4v) is 3.21. The third-order valence-electron chi connectivity index (χ3n) is 5.01. The van der Waals surface area contributed by atoms with Gasteiger partial charge in [0, 0.05) is 23.8 Å². The minimum atomic E-state index is -0.724. The van der Waals surface area contributed by atoms with Crippen LogP contribution in [-0.4, -0.2) is 54.1 Å². The molecule has 0 radical (unpaired) electrons. The average Bonchev–Trinajstić information content (AvgIpc) is 2.87. The number of carbonyl (C=O) groups excluding carboxylic acids is 2. The zero-order valence-electron chi connectivity index (χ0n) is 18.7. The fourth-order valence-electron chi connectivity index (χ4n) is 3.21. The fraction of sp³-hybridized carbons (Fsp3) is 0.231. The smallest absolute Gasteiger partial charge is 0.326 e. The van der Waals surface area contributed by atoms with Crippen LogP contribution in [0, 0.1) is 0 Å². The summed E-state index contributed by atoms with van der Waals surface area (Å²) in [5.41, 5.74) is 1.87.